The molecule has 0 bridgehead atoms. The van der Waals surface area contributed by atoms with Crippen molar-refractivity contribution >= 4 is 34.7 Å². The van der Waals surface area contributed by atoms with E-state index in [1.54, 1.807) is 11.3 Å². The zero-order chi connectivity index (χ0) is 16.9. The predicted molar refractivity (Wildman–Crippen MR) is 92.7 cm³/mol. The minimum absolute atomic E-state index is 0.0167. The molecule has 1 fully saturated rings. The molecule has 6 heteroatoms. The summed E-state index contributed by atoms with van der Waals surface area (Å²) >= 11 is 1.65. The molecule has 3 amide bonds. The molecule has 0 aliphatic carbocycles. The molecule has 124 valence electrons. The Kier molecular flexibility index (Phi) is 5.05. The highest BCUT2D eigenvalue weighted by molar-refractivity contribution is 7.09. The Morgan fingerprint density at radius 1 is 1.21 bits per heavy atom. The Bertz CT molecular complexity index is 738. The van der Waals surface area contributed by atoms with Crippen LogP contribution in [0.15, 0.2) is 41.8 Å². The Hall–Kier alpha value is -2.47. The number of amides is 3. The molecule has 1 unspecified atom stereocenters. The first-order valence-corrected chi connectivity index (χ1v) is 8.73. The summed E-state index contributed by atoms with van der Waals surface area (Å²) < 4.78 is 0. The number of aryl methyl sites for hydroxylation is 1. The van der Waals surface area contributed by atoms with Gasteiger partial charge in [0.2, 0.25) is 17.7 Å². The molecule has 1 saturated heterocycles. The number of carbonyl (C=O) groups is 3. The number of rotatable bonds is 6. The summed E-state index contributed by atoms with van der Waals surface area (Å²) in [5, 5.41) is 7.19. The van der Waals surface area contributed by atoms with Crippen LogP contribution in [-0.4, -0.2) is 17.7 Å². The molecule has 24 heavy (non-hydrogen) atoms. The summed E-state index contributed by atoms with van der Waals surface area (Å²) in [6.45, 7) is 0. The topological polar surface area (TPSA) is 75.3 Å². The molecule has 2 N–H and O–H groups in total. The third-order valence-corrected chi connectivity index (χ3v) is 4.90. The zero-order valence-corrected chi connectivity index (χ0v) is 13.9. The van der Waals surface area contributed by atoms with Gasteiger partial charge < -0.3 is 5.32 Å². The van der Waals surface area contributed by atoms with E-state index in [1.807, 2.05) is 41.8 Å². The molecule has 1 aliphatic heterocycles. The number of nitrogens with one attached hydrogen (secondary N) is 2. The van der Waals surface area contributed by atoms with Crippen LogP contribution in [0.4, 0.5) is 5.69 Å². The van der Waals surface area contributed by atoms with Gasteiger partial charge >= 0.3 is 0 Å². The molecule has 0 saturated carbocycles. The lowest BCUT2D eigenvalue weighted by molar-refractivity contribution is -0.125. The average Bonchev–Trinajstić information content (AvgIpc) is 3.17. The molecule has 3 rings (SSSR count). The lowest BCUT2D eigenvalue weighted by atomic mass is 9.98. The summed E-state index contributed by atoms with van der Waals surface area (Å²) in [5.74, 6) is -0.716. The van der Waals surface area contributed by atoms with Crippen LogP contribution < -0.4 is 10.6 Å². The van der Waals surface area contributed by atoms with Crippen LogP contribution in [0.25, 0.3) is 0 Å². The summed E-state index contributed by atoms with van der Waals surface area (Å²) in [5.41, 5.74) is 1.71. The second kappa shape index (κ2) is 7.40. The van der Waals surface area contributed by atoms with Crippen LogP contribution in [-0.2, 0) is 27.2 Å². The molecule has 2 aromatic rings. The number of carbonyl (C=O) groups excluding carboxylic acids is 3. The minimum atomic E-state index is -0.288. The normalized spacial score (nSPS) is 16.9. The molecule has 0 spiro atoms. The monoisotopic (exact) mass is 342 g/mol. The highest BCUT2D eigenvalue weighted by atomic mass is 32.1. The summed E-state index contributed by atoms with van der Waals surface area (Å²) in [7, 11) is 0. The number of thiophene rings is 1. The Labute approximate surface area is 144 Å². The van der Waals surface area contributed by atoms with Crippen molar-refractivity contribution < 1.29 is 14.4 Å². The van der Waals surface area contributed by atoms with Crippen LogP contribution >= 0.6 is 11.3 Å². The maximum atomic E-state index is 12.0. The first-order chi connectivity index (χ1) is 11.6. The SMILES string of the molecule is O=C1CC(Cc2ccc(NC(=O)CCc3cccs3)cc2)C(=O)N1. The smallest absolute Gasteiger partial charge is 0.230 e. The van der Waals surface area contributed by atoms with Gasteiger partial charge in [-0.15, -0.1) is 11.3 Å². The van der Waals surface area contributed by atoms with Crippen molar-refractivity contribution in [3.8, 4) is 0 Å². The van der Waals surface area contributed by atoms with Crippen molar-refractivity contribution in [1.82, 2.24) is 5.32 Å². The van der Waals surface area contributed by atoms with E-state index in [0.29, 0.717) is 12.8 Å². The number of anilines is 1. The van der Waals surface area contributed by atoms with Crippen LogP contribution in [0.5, 0.6) is 0 Å². The van der Waals surface area contributed by atoms with Gasteiger partial charge in [0.05, 0.1) is 5.92 Å². The number of imide groups is 1. The quantitative estimate of drug-likeness (QED) is 0.792. The second-order valence-electron chi connectivity index (χ2n) is 5.84. The van der Waals surface area contributed by atoms with Gasteiger partial charge in [0.15, 0.2) is 0 Å². The molecule has 5 nitrogen and oxygen atoms in total. The molecule has 1 atom stereocenters. The van der Waals surface area contributed by atoms with E-state index in [0.717, 1.165) is 17.7 Å². The molecular weight excluding hydrogens is 324 g/mol. The van der Waals surface area contributed by atoms with E-state index in [9.17, 15) is 14.4 Å². The summed E-state index contributed by atoms with van der Waals surface area (Å²) in [6.07, 6.45) is 1.98. The van der Waals surface area contributed by atoms with Gasteiger partial charge in [0, 0.05) is 23.4 Å². The Balaban J connectivity index is 1.50. The molecule has 0 radical (unpaired) electrons. The van der Waals surface area contributed by atoms with Crippen molar-refractivity contribution in [3.63, 3.8) is 0 Å². The van der Waals surface area contributed by atoms with Crippen molar-refractivity contribution in [2.75, 3.05) is 5.32 Å². The fraction of sp³-hybridized carbons (Fsp3) is 0.278. The molecule has 1 aliphatic rings. The van der Waals surface area contributed by atoms with Gasteiger partial charge in [-0.2, -0.15) is 0 Å². The first-order valence-electron chi connectivity index (χ1n) is 7.85. The highest BCUT2D eigenvalue weighted by Crippen LogP contribution is 2.19. The fourth-order valence-corrected chi connectivity index (χ4v) is 3.40. The fourth-order valence-electron chi connectivity index (χ4n) is 2.70. The van der Waals surface area contributed by atoms with Gasteiger partial charge in [-0.05, 0) is 42.0 Å². The van der Waals surface area contributed by atoms with E-state index in [4.69, 9.17) is 0 Å². The van der Waals surface area contributed by atoms with E-state index in [2.05, 4.69) is 10.6 Å². The van der Waals surface area contributed by atoms with E-state index in [1.165, 1.54) is 4.88 Å². The first kappa shape index (κ1) is 16.4. The second-order valence-corrected chi connectivity index (χ2v) is 6.87. The zero-order valence-electron chi connectivity index (χ0n) is 13.1. The highest BCUT2D eigenvalue weighted by Gasteiger charge is 2.30. The van der Waals surface area contributed by atoms with E-state index in [-0.39, 0.29) is 30.1 Å². The molecule has 2 heterocycles. The minimum Gasteiger partial charge on any atom is -0.326 e. The summed E-state index contributed by atoms with van der Waals surface area (Å²) in [4.78, 5) is 35.9. The van der Waals surface area contributed by atoms with Crippen molar-refractivity contribution in [1.29, 1.82) is 0 Å². The average molecular weight is 342 g/mol. The van der Waals surface area contributed by atoms with E-state index < -0.39 is 0 Å². The standard InChI is InChI=1S/C18H18N2O3S/c21-16(8-7-15-2-1-9-24-15)19-14-5-3-12(4-6-14)10-13-11-17(22)20-18(13)23/h1-6,9,13H,7-8,10-11H2,(H,19,21)(H,20,22,23). The lowest BCUT2D eigenvalue weighted by Gasteiger charge is -2.08. The molecular formula is C18H18N2O3S. The van der Waals surface area contributed by atoms with Crippen LogP contribution in [0.1, 0.15) is 23.3 Å². The van der Waals surface area contributed by atoms with Gasteiger partial charge in [0.1, 0.15) is 0 Å². The predicted octanol–water partition coefficient (Wildman–Crippen LogP) is 2.52. The molecule has 1 aromatic heterocycles. The van der Waals surface area contributed by atoms with Crippen LogP contribution in [0.2, 0.25) is 0 Å². The maximum absolute atomic E-state index is 12.0. The van der Waals surface area contributed by atoms with E-state index >= 15 is 0 Å². The maximum Gasteiger partial charge on any atom is 0.230 e. The van der Waals surface area contributed by atoms with Crippen molar-refractivity contribution in [2.45, 2.75) is 25.7 Å². The van der Waals surface area contributed by atoms with Gasteiger partial charge in [-0.3, -0.25) is 19.7 Å². The third kappa shape index (κ3) is 4.29. The van der Waals surface area contributed by atoms with Gasteiger partial charge in [0.25, 0.3) is 0 Å². The van der Waals surface area contributed by atoms with Crippen molar-refractivity contribution in [3.05, 3.63) is 52.2 Å². The largest absolute Gasteiger partial charge is 0.326 e. The van der Waals surface area contributed by atoms with Crippen LogP contribution in [0.3, 0.4) is 0 Å². The molecule has 1 aromatic carbocycles. The Morgan fingerprint density at radius 3 is 2.62 bits per heavy atom. The number of hydrogen-bond donors (Lipinski definition) is 2. The summed E-state index contributed by atoms with van der Waals surface area (Å²) in [6, 6.07) is 11.4. The number of benzene rings is 1. The van der Waals surface area contributed by atoms with Gasteiger partial charge in [-0.1, -0.05) is 18.2 Å². The van der Waals surface area contributed by atoms with Crippen molar-refractivity contribution in [2.24, 2.45) is 5.92 Å². The van der Waals surface area contributed by atoms with Gasteiger partial charge in [-0.25, -0.2) is 0 Å². The Morgan fingerprint density at radius 2 is 2.00 bits per heavy atom. The third-order valence-electron chi connectivity index (χ3n) is 3.96. The number of hydrogen-bond acceptors (Lipinski definition) is 4. The lowest BCUT2D eigenvalue weighted by Crippen LogP contribution is -2.22. The van der Waals surface area contributed by atoms with Crippen LogP contribution in [0, 0.1) is 5.92 Å².